The molecule has 0 aliphatic rings. The van der Waals surface area contributed by atoms with E-state index in [1.165, 1.54) is 11.6 Å². The minimum absolute atomic E-state index is 0. The van der Waals surface area contributed by atoms with E-state index in [1.807, 2.05) is 41.1 Å². The van der Waals surface area contributed by atoms with Crippen LogP contribution >= 0.6 is 0 Å². The molecule has 0 saturated carbocycles. The van der Waals surface area contributed by atoms with Crippen molar-refractivity contribution >= 4 is 21.8 Å². The van der Waals surface area contributed by atoms with Crippen molar-refractivity contribution in [3.05, 3.63) is 132 Å². The molecular formula is C46H47FN4OPt. The zero-order valence-corrected chi connectivity index (χ0v) is 34.5. The van der Waals surface area contributed by atoms with Gasteiger partial charge in [-0.1, -0.05) is 105 Å². The SMILES string of the molecule is CC(C)c1nn(-c2[c-]c(Oc3[c-]c4c(cc3)c3cc(F)ccc3n4-c3cc(C(C)(C)C)ccn3)cc(C(C)(C)C)c2)c(C(C)C)c1-c1ccccc1.[Pt+2]. The number of hydrogen-bond acceptors (Lipinski definition) is 3. The summed E-state index contributed by atoms with van der Waals surface area (Å²) in [4.78, 5) is 4.77. The van der Waals surface area contributed by atoms with Crippen molar-refractivity contribution in [3.63, 3.8) is 0 Å². The van der Waals surface area contributed by atoms with Crippen LogP contribution in [0.15, 0.2) is 91.1 Å². The van der Waals surface area contributed by atoms with Gasteiger partial charge in [-0.3, -0.25) is 4.68 Å². The Balaban J connectivity index is 0.00000481. The van der Waals surface area contributed by atoms with E-state index < -0.39 is 0 Å². The molecule has 0 radical (unpaired) electrons. The maximum absolute atomic E-state index is 14.6. The molecule has 0 atom stereocenters. The number of halogens is 1. The minimum Gasteiger partial charge on any atom is -0.509 e. The number of rotatable bonds is 7. The van der Waals surface area contributed by atoms with Gasteiger partial charge in [0.25, 0.3) is 0 Å². The molecule has 7 heteroatoms. The molecule has 5 nitrogen and oxygen atoms in total. The molecule has 0 bridgehead atoms. The van der Waals surface area contributed by atoms with Crippen LogP contribution in [0.4, 0.5) is 4.39 Å². The number of fused-ring (bicyclic) bond motifs is 3. The van der Waals surface area contributed by atoms with E-state index in [9.17, 15) is 4.39 Å². The van der Waals surface area contributed by atoms with Gasteiger partial charge in [0, 0.05) is 28.8 Å². The van der Waals surface area contributed by atoms with Crippen molar-refractivity contribution in [2.24, 2.45) is 0 Å². The number of pyridine rings is 1. The summed E-state index contributed by atoms with van der Waals surface area (Å²) in [5, 5.41) is 6.93. The Labute approximate surface area is 327 Å². The van der Waals surface area contributed by atoms with Crippen molar-refractivity contribution in [1.82, 2.24) is 19.3 Å². The van der Waals surface area contributed by atoms with Crippen LogP contribution in [0.25, 0.3) is 44.4 Å². The monoisotopic (exact) mass is 885 g/mol. The number of benzene rings is 4. The summed E-state index contributed by atoms with van der Waals surface area (Å²) in [5.41, 5.74) is 8.95. The first kappa shape index (κ1) is 38.2. The summed E-state index contributed by atoms with van der Waals surface area (Å²) in [5.74, 6) is 1.95. The van der Waals surface area contributed by atoms with E-state index in [4.69, 9.17) is 14.8 Å². The van der Waals surface area contributed by atoms with Gasteiger partial charge in [-0.05, 0) is 75.2 Å². The maximum atomic E-state index is 14.6. The van der Waals surface area contributed by atoms with E-state index >= 15 is 0 Å². The molecule has 53 heavy (non-hydrogen) atoms. The molecular weight excluding hydrogens is 839 g/mol. The molecule has 0 saturated heterocycles. The van der Waals surface area contributed by atoms with Gasteiger partial charge in [0.15, 0.2) is 0 Å². The molecule has 3 aromatic heterocycles. The fourth-order valence-corrected chi connectivity index (χ4v) is 6.92. The van der Waals surface area contributed by atoms with Crippen molar-refractivity contribution in [1.29, 1.82) is 0 Å². The Morgan fingerprint density at radius 2 is 1.43 bits per heavy atom. The number of hydrogen-bond donors (Lipinski definition) is 0. The van der Waals surface area contributed by atoms with E-state index in [0.29, 0.717) is 11.5 Å². The normalized spacial score (nSPS) is 12.2. The second-order valence-electron chi connectivity index (χ2n) is 16.4. The predicted molar refractivity (Wildman–Crippen MR) is 211 cm³/mol. The second kappa shape index (κ2) is 14.4. The minimum atomic E-state index is -0.292. The van der Waals surface area contributed by atoms with Gasteiger partial charge in [-0.2, -0.15) is 11.2 Å². The van der Waals surface area contributed by atoms with E-state index in [-0.39, 0.29) is 49.5 Å². The summed E-state index contributed by atoms with van der Waals surface area (Å²) in [6, 6.07) is 34.8. The predicted octanol–water partition coefficient (Wildman–Crippen LogP) is 12.4. The number of ether oxygens (including phenoxy) is 1. The zero-order chi connectivity index (χ0) is 37.1. The van der Waals surface area contributed by atoms with Gasteiger partial charge in [0.05, 0.1) is 11.4 Å². The Morgan fingerprint density at radius 1 is 0.717 bits per heavy atom. The molecule has 274 valence electrons. The second-order valence-corrected chi connectivity index (χ2v) is 16.4. The zero-order valence-electron chi connectivity index (χ0n) is 32.2. The summed E-state index contributed by atoms with van der Waals surface area (Å²) in [7, 11) is 0. The fraction of sp³-hybridized carbons (Fsp3) is 0.304. The van der Waals surface area contributed by atoms with Gasteiger partial charge < -0.3 is 9.30 Å². The van der Waals surface area contributed by atoms with Crippen LogP contribution in [0.2, 0.25) is 0 Å². The van der Waals surface area contributed by atoms with Gasteiger partial charge in [-0.15, -0.1) is 41.3 Å². The molecule has 0 N–H and O–H groups in total. The average Bonchev–Trinajstić information content (AvgIpc) is 3.65. The Bertz CT molecular complexity index is 2430. The van der Waals surface area contributed by atoms with Crippen LogP contribution in [0, 0.1) is 17.9 Å². The van der Waals surface area contributed by atoms with Crippen LogP contribution < -0.4 is 4.74 Å². The van der Waals surface area contributed by atoms with Crippen molar-refractivity contribution in [3.8, 4) is 34.1 Å². The van der Waals surface area contributed by atoms with Crippen LogP contribution in [-0.2, 0) is 31.9 Å². The first-order chi connectivity index (χ1) is 24.6. The Kier molecular flexibility index (Phi) is 10.3. The Hall–Kier alpha value is -4.54. The van der Waals surface area contributed by atoms with Crippen molar-refractivity contribution in [2.75, 3.05) is 0 Å². The molecule has 7 aromatic rings. The smallest absolute Gasteiger partial charge is 0.509 e. The summed E-state index contributed by atoms with van der Waals surface area (Å²) in [6.45, 7) is 22.0. The first-order valence-electron chi connectivity index (χ1n) is 18.2. The van der Waals surface area contributed by atoms with Gasteiger partial charge in [0.1, 0.15) is 11.6 Å². The fourth-order valence-electron chi connectivity index (χ4n) is 6.92. The summed E-state index contributed by atoms with van der Waals surface area (Å²) >= 11 is 0. The molecule has 4 aromatic carbocycles. The summed E-state index contributed by atoms with van der Waals surface area (Å²) < 4.78 is 25.4. The van der Waals surface area contributed by atoms with Crippen molar-refractivity contribution in [2.45, 2.75) is 91.9 Å². The number of nitrogens with zero attached hydrogens (tertiary/aromatic N) is 4. The third kappa shape index (κ3) is 7.36. The molecule has 0 fully saturated rings. The maximum Gasteiger partial charge on any atom is 2.00 e. The first-order valence-corrected chi connectivity index (χ1v) is 18.2. The number of aromatic nitrogens is 4. The topological polar surface area (TPSA) is 44.9 Å². The van der Waals surface area contributed by atoms with Gasteiger partial charge >= 0.3 is 21.1 Å². The molecule has 0 unspecified atom stereocenters. The molecule has 0 aliphatic heterocycles. The Morgan fingerprint density at radius 3 is 2.09 bits per heavy atom. The van der Waals surface area contributed by atoms with Crippen LogP contribution in [0.5, 0.6) is 11.5 Å². The van der Waals surface area contributed by atoms with Gasteiger partial charge in [0.2, 0.25) is 0 Å². The standard InChI is InChI=1S/C46H47FN4O.Pt/c1-28(2)43-42(30-14-12-11-13-15-30)44(29(3)4)51(49-43)34-22-32(46(8,9)10)23-36(26-34)52-35-17-18-37-38-25-33(47)16-19-39(38)50(40(37)27-35)41-24-31(20-21-48-41)45(5,6)7;/h11-25,28-29H,1-10H3;/q-2;+2. The quantitative estimate of drug-likeness (QED) is 0.150. The van der Waals surface area contributed by atoms with Crippen LogP contribution in [0.1, 0.15) is 104 Å². The van der Waals surface area contributed by atoms with Gasteiger partial charge in [-0.25, -0.2) is 9.37 Å². The molecule has 0 aliphatic carbocycles. The largest absolute Gasteiger partial charge is 2.00 e. The summed E-state index contributed by atoms with van der Waals surface area (Å²) in [6.07, 6.45) is 1.83. The molecule has 0 spiro atoms. The van der Waals surface area contributed by atoms with Crippen LogP contribution in [-0.4, -0.2) is 19.3 Å². The van der Waals surface area contributed by atoms with E-state index in [0.717, 1.165) is 61.4 Å². The van der Waals surface area contributed by atoms with Crippen molar-refractivity contribution < 1.29 is 30.2 Å². The molecule has 3 heterocycles. The van der Waals surface area contributed by atoms with E-state index in [1.54, 1.807) is 6.07 Å². The third-order valence-electron chi connectivity index (χ3n) is 9.70. The van der Waals surface area contributed by atoms with Crippen LogP contribution in [0.3, 0.4) is 0 Å². The molecule has 7 rings (SSSR count). The van der Waals surface area contributed by atoms with E-state index in [2.05, 4.69) is 129 Å². The average molecular weight is 886 g/mol. The molecule has 0 amide bonds. The third-order valence-corrected chi connectivity index (χ3v) is 9.70.